The van der Waals surface area contributed by atoms with Crippen molar-refractivity contribution < 1.29 is 0 Å². The summed E-state index contributed by atoms with van der Waals surface area (Å²) in [4.78, 5) is 19.3. The summed E-state index contributed by atoms with van der Waals surface area (Å²) in [7, 11) is 0. The van der Waals surface area contributed by atoms with Gasteiger partial charge in [0.15, 0.2) is 0 Å². The Balaban J connectivity index is 2.10. The van der Waals surface area contributed by atoms with Crippen molar-refractivity contribution >= 4 is 5.69 Å². The van der Waals surface area contributed by atoms with Gasteiger partial charge >= 0.3 is 0 Å². The fourth-order valence-electron chi connectivity index (χ4n) is 2.41. The van der Waals surface area contributed by atoms with Gasteiger partial charge in [0.25, 0.3) is 5.56 Å². The molecule has 0 saturated heterocycles. The molecule has 0 aliphatic rings. The van der Waals surface area contributed by atoms with Crippen LogP contribution >= 0.6 is 0 Å². The Kier molecular flexibility index (Phi) is 3.74. The summed E-state index contributed by atoms with van der Waals surface area (Å²) in [5, 5.41) is 0. The lowest BCUT2D eigenvalue weighted by Gasteiger charge is -2.08. The van der Waals surface area contributed by atoms with Crippen LogP contribution in [-0.2, 0) is 6.42 Å². The van der Waals surface area contributed by atoms with Gasteiger partial charge in [-0.1, -0.05) is 49.4 Å². The number of nitrogens with two attached hydrogens (primary N) is 1. The van der Waals surface area contributed by atoms with Crippen LogP contribution in [0.4, 0.5) is 5.69 Å². The van der Waals surface area contributed by atoms with Crippen LogP contribution in [0.3, 0.4) is 0 Å². The van der Waals surface area contributed by atoms with Gasteiger partial charge in [-0.05, 0) is 18.1 Å². The van der Waals surface area contributed by atoms with Gasteiger partial charge in [0.2, 0.25) is 0 Å². The molecule has 3 N–H and O–H groups in total. The summed E-state index contributed by atoms with van der Waals surface area (Å²) >= 11 is 0. The van der Waals surface area contributed by atoms with Crippen LogP contribution in [-0.4, -0.2) is 9.97 Å². The predicted octanol–water partition coefficient (Wildman–Crippen LogP) is 3.25. The Bertz CT molecular complexity index is 854. The van der Waals surface area contributed by atoms with E-state index in [9.17, 15) is 4.79 Å². The van der Waals surface area contributed by atoms with E-state index in [0.717, 1.165) is 28.8 Å². The summed E-state index contributed by atoms with van der Waals surface area (Å²) in [6, 6.07) is 16.9. The van der Waals surface area contributed by atoms with Crippen molar-refractivity contribution in [3.63, 3.8) is 0 Å². The zero-order valence-corrected chi connectivity index (χ0v) is 12.3. The maximum absolute atomic E-state index is 11.9. The summed E-state index contributed by atoms with van der Waals surface area (Å²) in [5.74, 6) is 0.557. The third kappa shape index (κ3) is 2.76. The van der Waals surface area contributed by atoms with Gasteiger partial charge in [-0.3, -0.25) is 4.79 Å². The summed E-state index contributed by atoms with van der Waals surface area (Å²) in [6.07, 6.45) is 0.879. The highest BCUT2D eigenvalue weighted by Crippen LogP contribution is 2.23. The number of aryl methyl sites for hydroxylation is 1. The number of benzene rings is 2. The Morgan fingerprint density at radius 1 is 1.05 bits per heavy atom. The van der Waals surface area contributed by atoms with Gasteiger partial charge in [0.1, 0.15) is 5.82 Å². The van der Waals surface area contributed by atoms with Crippen molar-refractivity contribution in [1.29, 1.82) is 0 Å². The minimum absolute atomic E-state index is 0.179. The Morgan fingerprint density at radius 2 is 1.82 bits per heavy atom. The van der Waals surface area contributed by atoms with Crippen LogP contribution in [0, 0.1) is 0 Å². The molecular formula is C18H17N3O. The van der Waals surface area contributed by atoms with Crippen molar-refractivity contribution in [2.24, 2.45) is 0 Å². The van der Waals surface area contributed by atoms with Crippen molar-refractivity contribution in [2.75, 3.05) is 5.73 Å². The number of nitrogens with zero attached hydrogens (tertiary/aromatic N) is 1. The number of aromatic amines is 1. The van der Waals surface area contributed by atoms with Gasteiger partial charge in [-0.15, -0.1) is 0 Å². The number of anilines is 1. The molecule has 0 unspecified atom stereocenters. The monoisotopic (exact) mass is 291 g/mol. The largest absolute Gasteiger partial charge is 0.398 e. The first-order chi connectivity index (χ1) is 10.7. The quantitative estimate of drug-likeness (QED) is 0.728. The van der Waals surface area contributed by atoms with Crippen molar-refractivity contribution in [2.45, 2.75) is 13.3 Å². The first-order valence-corrected chi connectivity index (χ1v) is 7.23. The minimum Gasteiger partial charge on any atom is -0.398 e. The molecule has 22 heavy (non-hydrogen) atoms. The number of nitrogens with one attached hydrogen (secondary N) is 1. The summed E-state index contributed by atoms with van der Waals surface area (Å²) in [5.41, 5.74) is 10.0. The number of aromatic nitrogens is 2. The normalized spacial score (nSPS) is 10.6. The van der Waals surface area contributed by atoms with E-state index in [0.29, 0.717) is 11.5 Å². The predicted molar refractivity (Wildman–Crippen MR) is 89.5 cm³/mol. The Hall–Kier alpha value is -2.88. The lowest BCUT2D eigenvalue weighted by Crippen LogP contribution is -2.08. The maximum Gasteiger partial charge on any atom is 0.251 e. The molecule has 3 rings (SSSR count). The summed E-state index contributed by atoms with van der Waals surface area (Å²) in [6.45, 7) is 2.06. The molecule has 0 fully saturated rings. The third-order valence-corrected chi connectivity index (χ3v) is 3.61. The standard InChI is InChI=1S/C18H17N3O/c1-2-12-8-9-14(10-15(12)19)16-11-17(22)21-18(20-16)13-6-4-3-5-7-13/h3-11H,2,19H2,1H3,(H,20,21,22). The second-order valence-corrected chi connectivity index (χ2v) is 5.11. The van der Waals surface area contributed by atoms with E-state index in [-0.39, 0.29) is 5.56 Å². The van der Waals surface area contributed by atoms with E-state index in [1.807, 2.05) is 48.5 Å². The van der Waals surface area contributed by atoms with E-state index in [4.69, 9.17) is 5.73 Å². The zero-order valence-electron chi connectivity index (χ0n) is 12.3. The highest BCUT2D eigenvalue weighted by Gasteiger charge is 2.07. The van der Waals surface area contributed by atoms with E-state index >= 15 is 0 Å². The van der Waals surface area contributed by atoms with Crippen LogP contribution < -0.4 is 11.3 Å². The number of rotatable bonds is 3. The van der Waals surface area contributed by atoms with Gasteiger partial charge < -0.3 is 10.7 Å². The first kappa shape index (κ1) is 14.1. The number of hydrogen-bond donors (Lipinski definition) is 2. The van der Waals surface area contributed by atoms with E-state index < -0.39 is 0 Å². The molecule has 0 saturated carbocycles. The molecule has 0 atom stereocenters. The van der Waals surface area contributed by atoms with E-state index in [2.05, 4.69) is 16.9 Å². The topological polar surface area (TPSA) is 71.8 Å². The third-order valence-electron chi connectivity index (χ3n) is 3.61. The molecular weight excluding hydrogens is 274 g/mol. The van der Waals surface area contributed by atoms with Crippen molar-refractivity contribution in [3.8, 4) is 22.6 Å². The molecule has 4 heteroatoms. The number of hydrogen-bond acceptors (Lipinski definition) is 3. The smallest absolute Gasteiger partial charge is 0.251 e. The highest BCUT2D eigenvalue weighted by molar-refractivity contribution is 5.68. The lowest BCUT2D eigenvalue weighted by molar-refractivity contribution is 1.12. The second kappa shape index (κ2) is 5.85. The lowest BCUT2D eigenvalue weighted by atomic mass is 10.0. The van der Waals surface area contributed by atoms with Gasteiger partial charge in [-0.2, -0.15) is 0 Å². The van der Waals surface area contributed by atoms with Crippen molar-refractivity contribution in [3.05, 3.63) is 70.5 Å². The Morgan fingerprint density at radius 3 is 2.50 bits per heavy atom. The van der Waals surface area contributed by atoms with Gasteiger partial charge in [0, 0.05) is 22.9 Å². The molecule has 4 nitrogen and oxygen atoms in total. The molecule has 2 aromatic carbocycles. The van der Waals surface area contributed by atoms with E-state index in [1.54, 1.807) is 0 Å². The fourth-order valence-corrected chi connectivity index (χ4v) is 2.41. The van der Waals surface area contributed by atoms with Gasteiger partial charge in [-0.25, -0.2) is 4.98 Å². The molecule has 0 radical (unpaired) electrons. The average Bonchev–Trinajstić information content (AvgIpc) is 2.55. The van der Waals surface area contributed by atoms with Crippen LogP contribution in [0.2, 0.25) is 0 Å². The van der Waals surface area contributed by atoms with Crippen LogP contribution in [0.25, 0.3) is 22.6 Å². The van der Waals surface area contributed by atoms with Crippen molar-refractivity contribution in [1.82, 2.24) is 9.97 Å². The molecule has 0 aliphatic heterocycles. The maximum atomic E-state index is 11.9. The number of nitrogen functional groups attached to an aromatic ring is 1. The van der Waals surface area contributed by atoms with Crippen LogP contribution in [0.15, 0.2) is 59.4 Å². The molecule has 1 heterocycles. The molecule has 0 aliphatic carbocycles. The van der Waals surface area contributed by atoms with Crippen LogP contribution in [0.1, 0.15) is 12.5 Å². The Labute approximate surface area is 128 Å². The SMILES string of the molecule is CCc1ccc(-c2cc(=O)[nH]c(-c3ccccc3)n2)cc1N. The minimum atomic E-state index is -0.179. The van der Waals surface area contributed by atoms with Gasteiger partial charge in [0.05, 0.1) is 5.69 Å². The molecule has 0 amide bonds. The fraction of sp³-hybridized carbons (Fsp3) is 0.111. The van der Waals surface area contributed by atoms with E-state index in [1.165, 1.54) is 6.07 Å². The first-order valence-electron chi connectivity index (χ1n) is 7.23. The second-order valence-electron chi connectivity index (χ2n) is 5.11. The number of H-pyrrole nitrogens is 1. The molecule has 1 aromatic heterocycles. The zero-order chi connectivity index (χ0) is 15.5. The highest BCUT2D eigenvalue weighted by atomic mass is 16.1. The van der Waals surface area contributed by atoms with Crippen LogP contribution in [0.5, 0.6) is 0 Å². The molecule has 0 bridgehead atoms. The summed E-state index contributed by atoms with van der Waals surface area (Å²) < 4.78 is 0. The molecule has 110 valence electrons. The molecule has 0 spiro atoms. The average molecular weight is 291 g/mol. The molecule has 3 aromatic rings.